The molecular weight excluding hydrogens is 266 g/mol. The zero-order valence-electron chi connectivity index (χ0n) is 13.5. The summed E-state index contributed by atoms with van der Waals surface area (Å²) in [5.41, 5.74) is 2.13. The van der Waals surface area contributed by atoms with E-state index in [2.05, 4.69) is 5.32 Å². The molecule has 118 valence electrons. The van der Waals surface area contributed by atoms with Crippen LogP contribution in [0.4, 0.5) is 0 Å². The van der Waals surface area contributed by atoms with Crippen LogP contribution >= 0.6 is 0 Å². The Kier molecular flexibility index (Phi) is 6.69. The molecule has 0 unspecified atom stereocenters. The first-order valence-corrected chi connectivity index (χ1v) is 7.42. The Labute approximate surface area is 127 Å². The summed E-state index contributed by atoms with van der Waals surface area (Å²) in [7, 11) is 0. The van der Waals surface area contributed by atoms with Crippen molar-refractivity contribution < 1.29 is 14.6 Å². The maximum atomic E-state index is 11.8. The number of rotatable bonds is 8. The molecule has 0 fully saturated rings. The third-order valence-electron chi connectivity index (χ3n) is 3.48. The van der Waals surface area contributed by atoms with Crippen LogP contribution in [0.15, 0.2) is 18.2 Å². The van der Waals surface area contributed by atoms with Gasteiger partial charge in [-0.25, -0.2) is 0 Å². The van der Waals surface area contributed by atoms with Crippen LogP contribution in [0.1, 0.15) is 37.8 Å². The Hall–Kier alpha value is -1.55. The van der Waals surface area contributed by atoms with Gasteiger partial charge in [0.1, 0.15) is 5.75 Å². The van der Waals surface area contributed by atoms with E-state index in [1.807, 2.05) is 45.9 Å². The molecule has 0 bridgehead atoms. The van der Waals surface area contributed by atoms with Crippen molar-refractivity contribution in [3.63, 3.8) is 0 Å². The summed E-state index contributed by atoms with van der Waals surface area (Å²) in [5.74, 6) is 0.815. The minimum absolute atomic E-state index is 0.0219. The Morgan fingerprint density at radius 3 is 2.71 bits per heavy atom. The molecule has 1 aromatic rings. The maximum absolute atomic E-state index is 11.8. The Balaban J connectivity index is 2.32. The van der Waals surface area contributed by atoms with E-state index in [0.717, 1.165) is 16.9 Å². The molecule has 0 spiro atoms. The molecule has 0 saturated heterocycles. The van der Waals surface area contributed by atoms with E-state index in [4.69, 9.17) is 9.84 Å². The zero-order chi connectivity index (χ0) is 15.9. The van der Waals surface area contributed by atoms with Crippen LogP contribution in [0.25, 0.3) is 0 Å². The van der Waals surface area contributed by atoms with Gasteiger partial charge in [-0.1, -0.05) is 26.0 Å². The number of carbonyl (C=O) groups excluding carboxylic acids is 1. The molecule has 1 rings (SSSR count). The third kappa shape index (κ3) is 6.63. The quantitative estimate of drug-likeness (QED) is 0.774. The summed E-state index contributed by atoms with van der Waals surface area (Å²) in [6.45, 7) is 9.13. The predicted octanol–water partition coefficient (Wildman–Crippen LogP) is 2.60. The molecule has 0 aliphatic heterocycles. The van der Waals surface area contributed by atoms with Crippen molar-refractivity contribution in [3.05, 3.63) is 29.3 Å². The lowest BCUT2D eigenvalue weighted by atomic mass is 9.90. The van der Waals surface area contributed by atoms with Crippen LogP contribution in [-0.4, -0.2) is 30.8 Å². The summed E-state index contributed by atoms with van der Waals surface area (Å²) >= 11 is 0. The SMILES string of the molecule is Cc1ccc(C)c(OCCC(=O)NCC(C)(C)CCO)c1. The number of hydrogen-bond donors (Lipinski definition) is 2. The highest BCUT2D eigenvalue weighted by molar-refractivity contribution is 5.76. The van der Waals surface area contributed by atoms with E-state index in [1.54, 1.807) is 0 Å². The highest BCUT2D eigenvalue weighted by Gasteiger charge is 2.17. The van der Waals surface area contributed by atoms with Crippen molar-refractivity contribution in [1.29, 1.82) is 0 Å². The highest BCUT2D eigenvalue weighted by atomic mass is 16.5. The van der Waals surface area contributed by atoms with E-state index >= 15 is 0 Å². The van der Waals surface area contributed by atoms with Crippen LogP contribution in [0, 0.1) is 19.3 Å². The van der Waals surface area contributed by atoms with Crippen molar-refractivity contribution in [1.82, 2.24) is 5.32 Å². The smallest absolute Gasteiger partial charge is 0.223 e. The van der Waals surface area contributed by atoms with Crippen molar-refractivity contribution in [2.75, 3.05) is 19.8 Å². The second kappa shape index (κ2) is 8.03. The topological polar surface area (TPSA) is 58.6 Å². The van der Waals surface area contributed by atoms with Crippen molar-refractivity contribution in [3.8, 4) is 5.75 Å². The maximum Gasteiger partial charge on any atom is 0.223 e. The third-order valence-corrected chi connectivity index (χ3v) is 3.48. The standard InChI is InChI=1S/C17H27NO3/c1-13-5-6-14(2)15(11-13)21-10-7-16(20)18-12-17(3,4)8-9-19/h5-6,11,19H,7-10,12H2,1-4H3,(H,18,20). The lowest BCUT2D eigenvalue weighted by molar-refractivity contribution is -0.122. The highest BCUT2D eigenvalue weighted by Crippen LogP contribution is 2.19. The summed E-state index contributed by atoms with van der Waals surface area (Å²) in [6.07, 6.45) is 1.01. The van der Waals surface area contributed by atoms with Gasteiger partial charge in [-0.05, 0) is 42.9 Å². The molecule has 0 heterocycles. The van der Waals surface area contributed by atoms with E-state index < -0.39 is 0 Å². The van der Waals surface area contributed by atoms with Crippen LogP contribution in [0.3, 0.4) is 0 Å². The first-order chi connectivity index (χ1) is 9.84. The van der Waals surface area contributed by atoms with E-state index in [9.17, 15) is 4.79 Å². The summed E-state index contributed by atoms with van der Waals surface area (Å²) in [5, 5.41) is 11.8. The lowest BCUT2D eigenvalue weighted by Gasteiger charge is -2.23. The number of hydrogen-bond acceptors (Lipinski definition) is 3. The molecule has 1 amide bonds. The molecule has 2 N–H and O–H groups in total. The van der Waals surface area contributed by atoms with Crippen molar-refractivity contribution >= 4 is 5.91 Å². The summed E-state index contributed by atoms with van der Waals surface area (Å²) in [6, 6.07) is 6.04. The fraction of sp³-hybridized carbons (Fsp3) is 0.588. The van der Waals surface area contributed by atoms with E-state index in [0.29, 0.717) is 26.0 Å². The fourth-order valence-electron chi connectivity index (χ4n) is 1.93. The van der Waals surface area contributed by atoms with Gasteiger partial charge in [0.15, 0.2) is 0 Å². The van der Waals surface area contributed by atoms with E-state index in [-0.39, 0.29) is 17.9 Å². The monoisotopic (exact) mass is 293 g/mol. The first kappa shape index (κ1) is 17.5. The Bertz CT molecular complexity index is 469. The molecule has 0 atom stereocenters. The molecule has 0 aliphatic carbocycles. The number of aliphatic hydroxyl groups is 1. The van der Waals surface area contributed by atoms with Gasteiger partial charge in [-0.3, -0.25) is 4.79 Å². The van der Waals surface area contributed by atoms with E-state index in [1.165, 1.54) is 0 Å². The molecule has 0 aromatic heterocycles. The number of amides is 1. The van der Waals surface area contributed by atoms with Gasteiger partial charge in [-0.2, -0.15) is 0 Å². The van der Waals surface area contributed by atoms with Gasteiger partial charge >= 0.3 is 0 Å². The van der Waals surface area contributed by atoms with Gasteiger partial charge in [0.2, 0.25) is 5.91 Å². The number of aliphatic hydroxyl groups excluding tert-OH is 1. The molecule has 0 radical (unpaired) electrons. The largest absolute Gasteiger partial charge is 0.493 e. The molecule has 0 aliphatic rings. The Morgan fingerprint density at radius 1 is 1.33 bits per heavy atom. The number of carbonyl (C=O) groups is 1. The lowest BCUT2D eigenvalue weighted by Crippen LogP contribution is -2.35. The van der Waals surface area contributed by atoms with Gasteiger partial charge in [0.25, 0.3) is 0 Å². The molecule has 1 aromatic carbocycles. The molecule has 4 heteroatoms. The normalized spacial score (nSPS) is 11.3. The van der Waals surface area contributed by atoms with Crippen molar-refractivity contribution in [2.45, 2.75) is 40.5 Å². The second-order valence-corrected chi connectivity index (χ2v) is 6.28. The average Bonchev–Trinajstić information content (AvgIpc) is 2.40. The van der Waals surface area contributed by atoms with Crippen LogP contribution in [0.5, 0.6) is 5.75 Å². The second-order valence-electron chi connectivity index (χ2n) is 6.28. The van der Waals surface area contributed by atoms with Gasteiger partial charge in [-0.15, -0.1) is 0 Å². The van der Waals surface area contributed by atoms with Crippen LogP contribution in [0.2, 0.25) is 0 Å². The van der Waals surface area contributed by atoms with Crippen molar-refractivity contribution in [2.24, 2.45) is 5.41 Å². The van der Waals surface area contributed by atoms with Crippen LogP contribution in [-0.2, 0) is 4.79 Å². The molecule has 21 heavy (non-hydrogen) atoms. The fourth-order valence-corrected chi connectivity index (χ4v) is 1.93. The summed E-state index contributed by atoms with van der Waals surface area (Å²) in [4.78, 5) is 11.8. The minimum atomic E-state index is -0.0849. The first-order valence-electron chi connectivity index (χ1n) is 7.42. The number of benzene rings is 1. The molecule has 4 nitrogen and oxygen atoms in total. The zero-order valence-corrected chi connectivity index (χ0v) is 13.5. The van der Waals surface area contributed by atoms with Crippen LogP contribution < -0.4 is 10.1 Å². The summed E-state index contributed by atoms with van der Waals surface area (Å²) < 4.78 is 5.67. The molecular formula is C17H27NO3. The van der Waals surface area contributed by atoms with Gasteiger partial charge in [0, 0.05) is 13.2 Å². The Morgan fingerprint density at radius 2 is 2.05 bits per heavy atom. The number of ether oxygens (including phenoxy) is 1. The minimum Gasteiger partial charge on any atom is -0.493 e. The average molecular weight is 293 g/mol. The molecule has 0 saturated carbocycles. The predicted molar refractivity (Wildman–Crippen MR) is 84.5 cm³/mol. The van der Waals surface area contributed by atoms with Gasteiger partial charge < -0.3 is 15.2 Å². The number of aryl methyl sites for hydroxylation is 2. The number of nitrogens with one attached hydrogen (secondary N) is 1. The van der Waals surface area contributed by atoms with Gasteiger partial charge in [0.05, 0.1) is 13.0 Å².